The number of pyridine rings is 1. The second kappa shape index (κ2) is 9.52. The standard InChI is InChI=1S/C21H22ClFN4O2/c1-3-11-29-21-16(5-4-10-24-21)12-25-20(28)18-14(2)26-27(19(18)22)13-15-6-8-17(23)9-7-15/h4-10H,3,11-13H2,1-2H3,(H,25,28). The van der Waals surface area contributed by atoms with E-state index in [2.05, 4.69) is 15.4 Å². The molecule has 1 aromatic carbocycles. The largest absolute Gasteiger partial charge is 0.477 e. The Kier molecular flexibility index (Phi) is 6.82. The zero-order valence-electron chi connectivity index (χ0n) is 16.3. The number of nitrogens with one attached hydrogen (secondary N) is 1. The average Bonchev–Trinajstić information content (AvgIpc) is 3.00. The maximum Gasteiger partial charge on any atom is 0.256 e. The lowest BCUT2D eigenvalue weighted by molar-refractivity contribution is 0.0950. The predicted molar refractivity (Wildman–Crippen MR) is 109 cm³/mol. The molecule has 0 bridgehead atoms. The molecule has 0 saturated carbocycles. The second-order valence-corrected chi connectivity index (χ2v) is 6.89. The minimum Gasteiger partial charge on any atom is -0.477 e. The third-order valence-corrected chi connectivity index (χ3v) is 4.65. The predicted octanol–water partition coefficient (Wildman–Crippen LogP) is 4.15. The van der Waals surface area contributed by atoms with E-state index in [4.69, 9.17) is 16.3 Å². The molecular weight excluding hydrogens is 395 g/mol. The molecule has 0 saturated heterocycles. The summed E-state index contributed by atoms with van der Waals surface area (Å²) in [6.07, 6.45) is 2.52. The summed E-state index contributed by atoms with van der Waals surface area (Å²) in [7, 11) is 0. The van der Waals surface area contributed by atoms with Gasteiger partial charge in [-0.3, -0.25) is 4.79 Å². The van der Waals surface area contributed by atoms with Gasteiger partial charge < -0.3 is 10.1 Å². The molecule has 0 aliphatic heterocycles. The van der Waals surface area contributed by atoms with Gasteiger partial charge in [-0.25, -0.2) is 14.1 Å². The van der Waals surface area contributed by atoms with Crippen LogP contribution in [0, 0.1) is 12.7 Å². The van der Waals surface area contributed by atoms with Crippen molar-refractivity contribution in [1.82, 2.24) is 20.1 Å². The molecule has 0 radical (unpaired) electrons. The lowest BCUT2D eigenvalue weighted by Gasteiger charge is -2.10. The summed E-state index contributed by atoms with van der Waals surface area (Å²) in [4.78, 5) is 17.0. The van der Waals surface area contributed by atoms with Gasteiger partial charge in [-0.15, -0.1) is 0 Å². The number of hydrogen-bond donors (Lipinski definition) is 1. The highest BCUT2D eigenvalue weighted by Crippen LogP contribution is 2.22. The number of aryl methyl sites for hydroxylation is 1. The van der Waals surface area contributed by atoms with Crippen LogP contribution >= 0.6 is 11.6 Å². The van der Waals surface area contributed by atoms with Gasteiger partial charge in [0.2, 0.25) is 5.88 Å². The molecule has 1 N–H and O–H groups in total. The summed E-state index contributed by atoms with van der Waals surface area (Å²) in [5, 5.41) is 7.44. The zero-order chi connectivity index (χ0) is 20.8. The number of carbonyl (C=O) groups excluding carboxylic acids is 1. The first-order valence-electron chi connectivity index (χ1n) is 9.31. The number of halogens is 2. The summed E-state index contributed by atoms with van der Waals surface area (Å²) in [6.45, 7) is 4.88. The van der Waals surface area contributed by atoms with Gasteiger partial charge in [0.25, 0.3) is 5.91 Å². The van der Waals surface area contributed by atoms with Gasteiger partial charge in [-0.2, -0.15) is 5.10 Å². The van der Waals surface area contributed by atoms with Crippen LogP contribution in [0.15, 0.2) is 42.6 Å². The lowest BCUT2D eigenvalue weighted by Crippen LogP contribution is -2.24. The first kappa shape index (κ1) is 20.8. The molecule has 0 aliphatic rings. The van der Waals surface area contributed by atoms with Gasteiger partial charge in [0.15, 0.2) is 0 Å². The summed E-state index contributed by atoms with van der Waals surface area (Å²) in [5.41, 5.74) is 2.44. The van der Waals surface area contributed by atoms with E-state index >= 15 is 0 Å². The SMILES string of the molecule is CCCOc1ncccc1CNC(=O)c1c(C)nn(Cc2ccc(F)cc2)c1Cl. The van der Waals surface area contributed by atoms with E-state index in [0.29, 0.717) is 30.3 Å². The Morgan fingerprint density at radius 1 is 1.28 bits per heavy atom. The zero-order valence-corrected chi connectivity index (χ0v) is 17.0. The maximum atomic E-state index is 13.1. The average molecular weight is 417 g/mol. The number of amides is 1. The number of hydrogen-bond acceptors (Lipinski definition) is 4. The van der Waals surface area contributed by atoms with E-state index in [-0.39, 0.29) is 23.4 Å². The van der Waals surface area contributed by atoms with Crippen LogP contribution in [0.4, 0.5) is 4.39 Å². The quantitative estimate of drug-likeness (QED) is 0.599. The van der Waals surface area contributed by atoms with Crippen molar-refractivity contribution in [2.45, 2.75) is 33.4 Å². The van der Waals surface area contributed by atoms with Crippen LogP contribution in [-0.4, -0.2) is 27.3 Å². The Balaban J connectivity index is 1.72. The van der Waals surface area contributed by atoms with Crippen LogP contribution in [0.1, 0.15) is 40.5 Å². The molecule has 8 heteroatoms. The van der Waals surface area contributed by atoms with Gasteiger partial charge in [-0.1, -0.05) is 36.7 Å². The van der Waals surface area contributed by atoms with Crippen LogP contribution < -0.4 is 10.1 Å². The molecule has 1 amide bonds. The molecule has 0 atom stereocenters. The highest BCUT2D eigenvalue weighted by molar-refractivity contribution is 6.33. The second-order valence-electron chi connectivity index (χ2n) is 6.53. The highest BCUT2D eigenvalue weighted by atomic mass is 35.5. The van der Waals surface area contributed by atoms with Gasteiger partial charge in [0, 0.05) is 18.3 Å². The normalized spacial score (nSPS) is 10.8. The van der Waals surface area contributed by atoms with Gasteiger partial charge >= 0.3 is 0 Å². The van der Waals surface area contributed by atoms with E-state index < -0.39 is 0 Å². The number of ether oxygens (including phenoxy) is 1. The van der Waals surface area contributed by atoms with E-state index in [1.165, 1.54) is 16.8 Å². The summed E-state index contributed by atoms with van der Waals surface area (Å²) < 4.78 is 20.2. The number of aromatic nitrogens is 3. The van der Waals surface area contributed by atoms with E-state index in [1.54, 1.807) is 31.3 Å². The molecule has 29 heavy (non-hydrogen) atoms. The first-order valence-corrected chi connectivity index (χ1v) is 9.69. The minimum atomic E-state index is -0.330. The minimum absolute atomic E-state index is 0.234. The summed E-state index contributed by atoms with van der Waals surface area (Å²) >= 11 is 6.42. The molecule has 0 spiro atoms. The van der Waals surface area contributed by atoms with Crippen molar-refractivity contribution in [2.75, 3.05) is 6.61 Å². The van der Waals surface area contributed by atoms with Crippen LogP contribution in [-0.2, 0) is 13.1 Å². The van der Waals surface area contributed by atoms with Crippen LogP contribution in [0.3, 0.4) is 0 Å². The molecule has 0 unspecified atom stereocenters. The monoisotopic (exact) mass is 416 g/mol. The summed E-state index contributed by atoms with van der Waals surface area (Å²) in [5.74, 6) is -0.137. The third-order valence-electron chi connectivity index (χ3n) is 4.27. The van der Waals surface area contributed by atoms with Crippen molar-refractivity contribution in [1.29, 1.82) is 0 Å². The van der Waals surface area contributed by atoms with Crippen LogP contribution in [0.5, 0.6) is 5.88 Å². The van der Waals surface area contributed by atoms with Crippen molar-refractivity contribution in [3.63, 3.8) is 0 Å². The number of carbonyl (C=O) groups is 1. The number of nitrogens with zero attached hydrogens (tertiary/aromatic N) is 3. The number of benzene rings is 1. The highest BCUT2D eigenvalue weighted by Gasteiger charge is 2.20. The molecule has 0 fully saturated rings. The fraction of sp³-hybridized carbons (Fsp3) is 0.286. The molecule has 0 aliphatic carbocycles. The molecule has 2 aromatic heterocycles. The molecule has 3 aromatic rings. The third kappa shape index (κ3) is 5.12. The van der Waals surface area contributed by atoms with E-state index in [0.717, 1.165) is 17.5 Å². The molecule has 3 rings (SSSR count). The van der Waals surface area contributed by atoms with Gasteiger partial charge in [0.1, 0.15) is 11.0 Å². The molecule has 6 nitrogen and oxygen atoms in total. The van der Waals surface area contributed by atoms with Crippen molar-refractivity contribution < 1.29 is 13.9 Å². The topological polar surface area (TPSA) is 69.0 Å². The Labute approximate surface area is 173 Å². The van der Waals surface area contributed by atoms with Crippen molar-refractivity contribution >= 4 is 17.5 Å². The van der Waals surface area contributed by atoms with Crippen molar-refractivity contribution in [3.8, 4) is 5.88 Å². The number of rotatable bonds is 8. The molecule has 152 valence electrons. The Morgan fingerprint density at radius 2 is 2.03 bits per heavy atom. The Morgan fingerprint density at radius 3 is 2.76 bits per heavy atom. The Bertz CT molecular complexity index is 989. The van der Waals surface area contributed by atoms with Crippen LogP contribution in [0.2, 0.25) is 5.15 Å². The van der Waals surface area contributed by atoms with E-state index in [9.17, 15) is 9.18 Å². The lowest BCUT2D eigenvalue weighted by atomic mass is 10.2. The van der Waals surface area contributed by atoms with Gasteiger partial charge in [-0.05, 0) is 37.1 Å². The fourth-order valence-electron chi connectivity index (χ4n) is 2.83. The Hall–Kier alpha value is -2.93. The van der Waals surface area contributed by atoms with Crippen molar-refractivity contribution in [2.24, 2.45) is 0 Å². The van der Waals surface area contributed by atoms with E-state index in [1.807, 2.05) is 13.0 Å². The smallest absolute Gasteiger partial charge is 0.256 e. The molecular formula is C21H22ClFN4O2. The summed E-state index contributed by atoms with van der Waals surface area (Å²) in [6, 6.07) is 9.70. The fourth-order valence-corrected chi connectivity index (χ4v) is 3.15. The molecule has 2 heterocycles. The first-order chi connectivity index (χ1) is 14.0. The van der Waals surface area contributed by atoms with Crippen molar-refractivity contribution in [3.05, 3.63) is 75.9 Å². The van der Waals surface area contributed by atoms with Crippen LogP contribution in [0.25, 0.3) is 0 Å². The maximum absolute atomic E-state index is 13.1. The van der Waals surface area contributed by atoms with Gasteiger partial charge in [0.05, 0.1) is 24.4 Å².